The first-order chi connectivity index (χ1) is 20.4. The van der Waals surface area contributed by atoms with Gasteiger partial charge >= 0.3 is 11.1 Å². The molecule has 3 aromatic heterocycles. The Morgan fingerprint density at radius 3 is 2.60 bits per heavy atom. The highest BCUT2D eigenvalue weighted by Crippen LogP contribution is 2.47. The summed E-state index contributed by atoms with van der Waals surface area (Å²) in [4.78, 5) is 50.3. The fourth-order valence-corrected chi connectivity index (χ4v) is 6.03. The van der Waals surface area contributed by atoms with Gasteiger partial charge in [0.25, 0.3) is 0 Å². The van der Waals surface area contributed by atoms with Gasteiger partial charge in [0.1, 0.15) is 0 Å². The van der Waals surface area contributed by atoms with E-state index in [9.17, 15) is 14.4 Å². The number of pyridine rings is 2. The number of hydrogen-bond donors (Lipinski definition) is 0. The lowest BCUT2D eigenvalue weighted by Gasteiger charge is -2.44. The molecule has 0 atom stereocenters. The number of amides is 1. The summed E-state index contributed by atoms with van der Waals surface area (Å²) in [6, 6.07) is 6.45. The Labute approximate surface area is 254 Å². The van der Waals surface area contributed by atoms with Gasteiger partial charge in [-0.3, -0.25) is 28.5 Å². The maximum Gasteiger partial charge on any atom is 0.322 e. The van der Waals surface area contributed by atoms with Gasteiger partial charge in [0.15, 0.2) is 22.8 Å². The van der Waals surface area contributed by atoms with Crippen molar-refractivity contribution in [3.8, 4) is 28.4 Å². The van der Waals surface area contributed by atoms with E-state index in [2.05, 4.69) is 11.6 Å². The van der Waals surface area contributed by atoms with Gasteiger partial charge in [-0.2, -0.15) is 0 Å². The van der Waals surface area contributed by atoms with E-state index in [1.807, 2.05) is 13.8 Å². The molecule has 5 heterocycles. The van der Waals surface area contributed by atoms with Crippen molar-refractivity contribution in [2.45, 2.75) is 38.9 Å². The number of carbonyl (C=O) groups excluding carboxylic acids is 1. The molecular formula is C30H26Cl2FN5O5. The summed E-state index contributed by atoms with van der Waals surface area (Å²) >= 11 is 13.4. The van der Waals surface area contributed by atoms with Crippen LogP contribution in [0, 0.1) is 6.92 Å². The third-order valence-electron chi connectivity index (χ3n) is 7.60. The number of carbonyl (C=O) groups is 1. The van der Waals surface area contributed by atoms with Crippen LogP contribution in [0.15, 0.2) is 52.7 Å². The summed E-state index contributed by atoms with van der Waals surface area (Å²) < 4.78 is 29.3. The molecular weight excluding hydrogens is 600 g/mol. The van der Waals surface area contributed by atoms with Gasteiger partial charge in [-0.05, 0) is 48.7 Å². The van der Waals surface area contributed by atoms with E-state index in [1.165, 1.54) is 15.5 Å². The van der Waals surface area contributed by atoms with Gasteiger partial charge in [0.2, 0.25) is 12.7 Å². The van der Waals surface area contributed by atoms with Crippen LogP contribution in [0.1, 0.15) is 31.0 Å². The highest BCUT2D eigenvalue weighted by atomic mass is 35.5. The molecule has 0 radical (unpaired) electrons. The largest absolute Gasteiger partial charge is 0.454 e. The Bertz CT molecular complexity index is 1970. The molecule has 2 aliphatic rings. The third-order valence-corrected chi connectivity index (χ3v) is 8.20. The Hall–Kier alpha value is -4.22. The van der Waals surface area contributed by atoms with Gasteiger partial charge < -0.3 is 14.4 Å². The van der Waals surface area contributed by atoms with Gasteiger partial charge in [-0.15, -0.1) is 0 Å². The Kier molecular flexibility index (Phi) is 7.05. The Morgan fingerprint density at radius 2 is 1.91 bits per heavy atom. The third kappa shape index (κ3) is 4.67. The number of benzene rings is 1. The average molecular weight is 626 g/mol. The van der Waals surface area contributed by atoms with Crippen LogP contribution in [0.25, 0.3) is 28.1 Å². The Morgan fingerprint density at radius 1 is 1.16 bits per heavy atom. The molecule has 2 aliphatic heterocycles. The molecule has 43 heavy (non-hydrogen) atoms. The molecule has 10 nitrogen and oxygen atoms in total. The lowest BCUT2D eigenvalue weighted by atomic mass is 9.95. The smallest absolute Gasteiger partial charge is 0.322 e. The molecule has 1 fully saturated rings. The highest BCUT2D eigenvalue weighted by molar-refractivity contribution is 6.37. The number of halogens is 3. The van der Waals surface area contributed by atoms with Crippen LogP contribution >= 0.6 is 23.2 Å². The van der Waals surface area contributed by atoms with Crippen molar-refractivity contribution in [2.24, 2.45) is 0 Å². The first kappa shape index (κ1) is 28.9. The van der Waals surface area contributed by atoms with E-state index in [4.69, 9.17) is 37.7 Å². The number of fused-ring (bicyclic) bond motifs is 2. The van der Waals surface area contributed by atoms with Crippen molar-refractivity contribution >= 4 is 40.3 Å². The predicted molar refractivity (Wildman–Crippen MR) is 160 cm³/mol. The van der Waals surface area contributed by atoms with Gasteiger partial charge in [0.05, 0.1) is 57.8 Å². The van der Waals surface area contributed by atoms with Gasteiger partial charge in [-0.25, -0.2) is 9.37 Å². The second-order valence-corrected chi connectivity index (χ2v) is 11.7. The summed E-state index contributed by atoms with van der Waals surface area (Å²) in [5.41, 5.74) is -1.60. The molecule has 4 aromatic rings. The van der Waals surface area contributed by atoms with E-state index >= 15 is 4.39 Å². The SMILES string of the molecule is C=CC(=O)N1CC(F)(Cn2c(=O)c(=O)n(-c3c(C)ccnc3C(C)C)c3nc(-c4c(Cl)ccc5c4OCO5)c(Cl)cc32)C1. The van der Waals surface area contributed by atoms with E-state index in [0.717, 1.165) is 10.6 Å². The molecule has 222 valence electrons. The predicted octanol–water partition coefficient (Wildman–Crippen LogP) is 4.81. The second kappa shape index (κ2) is 10.5. The van der Waals surface area contributed by atoms with E-state index in [1.54, 1.807) is 31.3 Å². The second-order valence-electron chi connectivity index (χ2n) is 10.9. The summed E-state index contributed by atoms with van der Waals surface area (Å²) in [6.07, 6.45) is 2.72. The van der Waals surface area contributed by atoms with E-state index < -0.39 is 29.2 Å². The normalized spacial score (nSPS) is 15.2. The maximum absolute atomic E-state index is 15.9. The molecule has 0 spiro atoms. The number of hydrogen-bond acceptors (Lipinski definition) is 7. The number of ether oxygens (including phenoxy) is 2. The molecule has 0 saturated carbocycles. The maximum atomic E-state index is 15.9. The minimum atomic E-state index is -1.97. The van der Waals surface area contributed by atoms with Gasteiger partial charge in [-0.1, -0.05) is 43.6 Å². The minimum absolute atomic E-state index is 0.0330. The topological polar surface area (TPSA) is 109 Å². The molecule has 0 aliphatic carbocycles. The number of likely N-dealkylation sites (tertiary alicyclic amines) is 1. The fourth-order valence-electron chi connectivity index (χ4n) is 5.55. The van der Waals surface area contributed by atoms with Crippen LogP contribution in [-0.4, -0.2) is 55.5 Å². The molecule has 6 rings (SSSR count). The quantitative estimate of drug-likeness (QED) is 0.223. The number of alkyl halides is 1. The summed E-state index contributed by atoms with van der Waals surface area (Å²) in [5, 5.41) is 0.346. The van der Waals surface area contributed by atoms with Crippen LogP contribution in [0.2, 0.25) is 10.0 Å². The lowest BCUT2D eigenvalue weighted by molar-refractivity contribution is -0.141. The van der Waals surface area contributed by atoms with Crippen LogP contribution in [0.4, 0.5) is 4.39 Å². The molecule has 1 aromatic carbocycles. The van der Waals surface area contributed by atoms with Crippen LogP contribution in [0.3, 0.4) is 0 Å². The molecule has 1 amide bonds. The number of aryl methyl sites for hydroxylation is 1. The lowest BCUT2D eigenvalue weighted by Crippen LogP contribution is -2.63. The zero-order valence-corrected chi connectivity index (χ0v) is 25.0. The monoisotopic (exact) mass is 625 g/mol. The highest BCUT2D eigenvalue weighted by Gasteiger charge is 2.46. The van der Waals surface area contributed by atoms with Crippen LogP contribution in [0.5, 0.6) is 11.5 Å². The molecule has 0 bridgehead atoms. The van der Waals surface area contributed by atoms with Crippen molar-refractivity contribution in [2.75, 3.05) is 19.9 Å². The van der Waals surface area contributed by atoms with Crippen molar-refractivity contribution < 1.29 is 18.7 Å². The minimum Gasteiger partial charge on any atom is -0.454 e. The van der Waals surface area contributed by atoms with E-state index in [0.29, 0.717) is 34.0 Å². The van der Waals surface area contributed by atoms with E-state index in [-0.39, 0.29) is 52.7 Å². The van der Waals surface area contributed by atoms with Crippen LogP contribution < -0.4 is 20.6 Å². The number of nitrogens with zero attached hydrogens (tertiary/aromatic N) is 5. The zero-order chi connectivity index (χ0) is 30.8. The first-order valence-corrected chi connectivity index (χ1v) is 14.2. The standard InChI is InChI=1S/C30H26Cl2FN5O5/c1-5-21(39)36-11-30(33,12-36)13-37-19-10-18(32)24(22-17(31)6-7-20-26(22)43-14-42-20)35-27(19)38(29(41)28(37)40)25-16(4)8-9-34-23(25)15(2)3/h5-10,15H,1,11-14H2,2-4H3. The van der Waals surface area contributed by atoms with Crippen molar-refractivity contribution in [3.05, 3.63) is 85.1 Å². The van der Waals surface area contributed by atoms with Crippen molar-refractivity contribution in [1.82, 2.24) is 24.0 Å². The Balaban J connectivity index is 1.66. The average Bonchev–Trinajstić information content (AvgIpc) is 3.43. The molecule has 0 N–H and O–H groups in total. The molecule has 1 saturated heterocycles. The summed E-state index contributed by atoms with van der Waals surface area (Å²) in [6.45, 7) is 7.99. The number of aromatic nitrogens is 4. The summed E-state index contributed by atoms with van der Waals surface area (Å²) in [7, 11) is 0. The zero-order valence-electron chi connectivity index (χ0n) is 23.5. The first-order valence-electron chi connectivity index (χ1n) is 13.4. The fraction of sp³-hybridized carbons (Fsp3) is 0.300. The van der Waals surface area contributed by atoms with Crippen molar-refractivity contribution in [3.63, 3.8) is 0 Å². The summed E-state index contributed by atoms with van der Waals surface area (Å²) in [5.74, 6) is 0.212. The molecule has 13 heteroatoms. The van der Waals surface area contributed by atoms with Crippen molar-refractivity contribution in [1.29, 1.82) is 0 Å². The molecule has 0 unspecified atom stereocenters. The van der Waals surface area contributed by atoms with Crippen LogP contribution in [-0.2, 0) is 11.3 Å². The van der Waals surface area contributed by atoms with Gasteiger partial charge in [0, 0.05) is 6.20 Å². The number of rotatable bonds is 6.